The van der Waals surface area contributed by atoms with Crippen molar-refractivity contribution in [1.82, 2.24) is 5.43 Å². The van der Waals surface area contributed by atoms with Crippen molar-refractivity contribution in [3.8, 4) is 5.75 Å². The Morgan fingerprint density at radius 1 is 1.38 bits per heavy atom. The van der Waals surface area contributed by atoms with Crippen LogP contribution in [0.2, 0.25) is 0 Å². The van der Waals surface area contributed by atoms with Gasteiger partial charge in [-0.25, -0.2) is 5.43 Å². The number of hydrogen-bond acceptors (Lipinski definition) is 3. The molecule has 89 valence electrons. The number of carbonyl (C=O) groups is 1. The Bertz CT molecular complexity index is 344. The molecule has 1 aromatic carbocycles. The molecule has 0 aliphatic rings. The van der Waals surface area contributed by atoms with Crippen LogP contribution in [-0.4, -0.2) is 12.1 Å². The second-order valence-corrected chi connectivity index (χ2v) is 2.46. The third-order valence-corrected chi connectivity index (χ3v) is 1.34. The van der Waals surface area contributed by atoms with E-state index in [2.05, 4.69) is 10.5 Å². The molecular weight excluding hydrogens is 251 g/mol. The third-order valence-electron chi connectivity index (χ3n) is 1.34. The summed E-state index contributed by atoms with van der Waals surface area (Å²) in [6.07, 6.45) is 1.32. The molecule has 0 spiro atoms. The molecule has 0 bridgehead atoms. The first-order chi connectivity index (χ1) is 6.20. The molecule has 0 atom stereocenters. The Kier molecular flexibility index (Phi) is 12.8. The zero-order chi connectivity index (χ0) is 9.68. The molecule has 16 heavy (non-hydrogen) atoms. The van der Waals surface area contributed by atoms with Crippen LogP contribution in [0, 0.1) is 0 Å². The predicted molar refractivity (Wildman–Crippen MR) is 48.7 cm³/mol. The van der Waals surface area contributed by atoms with Crippen molar-refractivity contribution in [2.75, 3.05) is 0 Å². The molecule has 0 saturated heterocycles. The van der Waals surface area contributed by atoms with E-state index in [-0.39, 0.29) is 41.2 Å². The third kappa shape index (κ3) is 7.02. The number of nitrogens with one attached hydrogen (secondary N) is 1. The van der Waals surface area contributed by atoms with Crippen molar-refractivity contribution in [1.29, 1.82) is 0 Å². The van der Waals surface area contributed by atoms with Gasteiger partial charge in [0.2, 0.25) is 5.91 Å². The van der Waals surface area contributed by atoms with Crippen molar-refractivity contribution in [3.05, 3.63) is 29.8 Å². The predicted octanol–water partition coefficient (Wildman–Crippen LogP) is -0.00990. The average molecular weight is 260 g/mol. The minimum absolute atomic E-state index is 0. The molecule has 6 nitrogen and oxygen atoms in total. The molecule has 7 heteroatoms. The van der Waals surface area contributed by atoms with E-state index in [1.165, 1.54) is 19.2 Å². The van der Waals surface area contributed by atoms with Gasteiger partial charge in [0.1, 0.15) is 0 Å². The minimum atomic E-state index is -0.264. The van der Waals surface area contributed by atoms with E-state index < -0.39 is 0 Å². The van der Waals surface area contributed by atoms with Gasteiger partial charge in [-0.2, -0.15) is 5.10 Å². The quantitative estimate of drug-likeness (QED) is 0.593. The van der Waals surface area contributed by atoms with Crippen molar-refractivity contribution in [2.45, 2.75) is 6.92 Å². The van der Waals surface area contributed by atoms with Gasteiger partial charge in [-0.15, -0.1) is 0 Å². The maximum Gasteiger partial charge on any atom is 0.236 e. The number of benzene rings is 1. The van der Waals surface area contributed by atoms with Crippen molar-refractivity contribution >= 4 is 12.1 Å². The molecule has 1 aromatic rings. The zero-order valence-electron chi connectivity index (χ0n) is 8.41. The molecule has 1 N–H and O–H groups in total. The van der Waals surface area contributed by atoms with E-state index in [1.807, 2.05) is 0 Å². The summed E-state index contributed by atoms with van der Waals surface area (Å²) in [5, 5.41) is 14.7. The van der Waals surface area contributed by atoms with Crippen LogP contribution < -0.4 is 10.5 Å². The van der Waals surface area contributed by atoms with Crippen LogP contribution in [0.1, 0.15) is 12.5 Å². The Morgan fingerprint density at radius 2 is 1.94 bits per heavy atom. The summed E-state index contributed by atoms with van der Waals surface area (Å²) in [4.78, 5) is 10.4. The molecule has 0 aliphatic heterocycles. The van der Waals surface area contributed by atoms with Crippen LogP contribution in [0.3, 0.4) is 0 Å². The van der Waals surface area contributed by atoms with Crippen LogP contribution in [0.15, 0.2) is 29.4 Å². The van der Waals surface area contributed by atoms with Gasteiger partial charge in [-0.05, 0) is 5.56 Å². The van der Waals surface area contributed by atoms with Gasteiger partial charge < -0.3 is 16.1 Å². The number of para-hydroxylation sites is 1. The smallest absolute Gasteiger partial charge is 0.236 e. The Balaban J connectivity index is -0.000000563. The number of hydrazone groups is 1. The van der Waals surface area contributed by atoms with Crippen LogP contribution >= 0.6 is 0 Å². The first kappa shape index (κ1) is 20.1. The van der Waals surface area contributed by atoms with Gasteiger partial charge in [0, 0.05) is 25.5 Å². The fourth-order valence-electron chi connectivity index (χ4n) is 0.780. The maximum absolute atomic E-state index is 11.1. The second kappa shape index (κ2) is 10.2. The van der Waals surface area contributed by atoms with E-state index in [4.69, 9.17) is 0 Å². The van der Waals surface area contributed by atoms with Crippen LogP contribution in [0.5, 0.6) is 5.75 Å². The topological polar surface area (TPSA) is 122 Å². The fraction of sp³-hybridized carbons (Fsp3) is 0.111. The van der Waals surface area contributed by atoms with Crippen molar-refractivity contribution in [3.63, 3.8) is 0 Å². The van der Waals surface area contributed by atoms with Gasteiger partial charge in [0.15, 0.2) is 0 Å². The fourth-order valence-corrected chi connectivity index (χ4v) is 0.780. The average Bonchev–Trinajstić information content (AvgIpc) is 2.08. The summed E-state index contributed by atoms with van der Waals surface area (Å²) in [6, 6.07) is 6.46. The largest absolute Gasteiger partial charge is 2.00 e. The Labute approximate surface area is 105 Å². The summed E-state index contributed by atoms with van der Waals surface area (Å²) in [6.45, 7) is 1.35. The molecule has 1 rings (SSSR count). The summed E-state index contributed by atoms with van der Waals surface area (Å²) >= 11 is 0. The van der Waals surface area contributed by atoms with Crippen molar-refractivity contribution < 1.29 is 39.4 Å². The van der Waals surface area contributed by atoms with Gasteiger partial charge in [0.05, 0.1) is 6.21 Å². The molecule has 1 radical (unpaired) electrons. The molecule has 0 aromatic heterocycles. The molecule has 0 saturated carbocycles. The minimum Gasteiger partial charge on any atom is -2.00 e. The summed E-state index contributed by atoms with van der Waals surface area (Å²) in [5.41, 5.74) is 2.67. The van der Waals surface area contributed by atoms with E-state index in [0.717, 1.165) is 0 Å². The van der Waals surface area contributed by atoms with Gasteiger partial charge in [0.25, 0.3) is 0 Å². The summed E-state index contributed by atoms with van der Waals surface area (Å²) < 4.78 is 0. The monoisotopic (exact) mass is 260 g/mol. The van der Waals surface area contributed by atoms with E-state index in [0.29, 0.717) is 5.56 Å². The van der Waals surface area contributed by atoms with Crippen LogP contribution in [0.4, 0.5) is 0 Å². The number of amides is 1. The molecule has 0 heterocycles. The maximum atomic E-state index is 11.1. The standard InChI is InChI=1S/C9H10N2O2.2O.V/c1-7(12)11-10-6-8-4-2-3-5-9(8)13;;;/h2-6,13H,1H3,(H,11,12);;;/q;2*-2;/p-1/b10-6+;;;. The second-order valence-electron chi connectivity index (χ2n) is 2.46. The first-order valence-electron chi connectivity index (χ1n) is 3.76. The Hall–Kier alpha value is -1.34. The van der Waals surface area contributed by atoms with Gasteiger partial charge >= 0.3 is 0 Å². The Morgan fingerprint density at radius 3 is 2.44 bits per heavy atom. The van der Waals surface area contributed by atoms with E-state index in [1.54, 1.807) is 18.2 Å². The molecule has 0 aliphatic carbocycles. The first-order valence-corrected chi connectivity index (χ1v) is 3.76. The molecular formula is C9H9N2O4V-5. The zero-order valence-corrected chi connectivity index (χ0v) is 9.81. The van der Waals surface area contributed by atoms with Gasteiger partial charge in [-0.1, -0.05) is 30.0 Å². The summed E-state index contributed by atoms with van der Waals surface area (Å²) in [7, 11) is 0. The van der Waals surface area contributed by atoms with E-state index >= 15 is 0 Å². The number of nitrogens with zero attached hydrogens (tertiary/aromatic N) is 1. The number of rotatable bonds is 2. The van der Waals surface area contributed by atoms with Crippen LogP contribution in [-0.2, 0) is 34.3 Å². The van der Waals surface area contributed by atoms with E-state index in [9.17, 15) is 9.90 Å². The molecule has 0 unspecified atom stereocenters. The van der Waals surface area contributed by atoms with Gasteiger partial charge in [-0.3, -0.25) is 4.79 Å². The number of hydrogen-bond donors (Lipinski definition) is 1. The normalized spacial score (nSPS) is 8.31. The number of carbonyl (C=O) groups excluding carboxylic acids is 1. The molecule has 0 fully saturated rings. The van der Waals surface area contributed by atoms with Crippen molar-refractivity contribution in [2.24, 2.45) is 5.10 Å². The summed E-state index contributed by atoms with van der Waals surface area (Å²) in [5.74, 6) is -0.378. The molecule has 1 amide bonds. The van der Waals surface area contributed by atoms with Crippen LogP contribution in [0.25, 0.3) is 0 Å². The SMILES string of the molecule is CC(=O)N/N=C/c1ccccc1[O-].[O-2].[O-2].[V].